The smallest absolute Gasteiger partial charge is 0.435 e. The number of rotatable bonds is 4. The van der Waals surface area contributed by atoms with Gasteiger partial charge >= 0.3 is 12.1 Å². The highest BCUT2D eigenvalue weighted by atomic mass is 32.1. The van der Waals surface area contributed by atoms with Gasteiger partial charge in [0.15, 0.2) is 5.69 Å². The first-order chi connectivity index (χ1) is 9.43. The molecule has 0 aliphatic rings. The molecule has 2 heterocycles. The topological polar surface area (TPSA) is 69.9 Å². The first kappa shape index (κ1) is 14.4. The third-order valence-electron chi connectivity index (χ3n) is 2.26. The molecule has 0 aliphatic carbocycles. The van der Waals surface area contributed by atoms with E-state index in [1.165, 1.54) is 30.0 Å². The maximum absolute atomic E-state index is 13.1. The Kier molecular flexibility index (Phi) is 4.02. The van der Waals surface area contributed by atoms with Crippen LogP contribution >= 0.6 is 11.3 Å². The van der Waals surface area contributed by atoms with Crippen LogP contribution < -0.4 is 0 Å². The van der Waals surface area contributed by atoms with E-state index in [-0.39, 0.29) is 13.2 Å². The molecule has 0 saturated carbocycles. The Bertz CT molecular complexity index is 594. The number of ether oxygens (including phenoxy) is 1. The summed E-state index contributed by atoms with van der Waals surface area (Å²) in [6.45, 7) is 1.29. The number of thiazole rings is 1. The molecule has 2 aromatic heterocycles. The Morgan fingerprint density at radius 1 is 1.50 bits per heavy atom. The number of carbonyl (C=O) groups is 1. The third kappa shape index (κ3) is 2.95. The minimum atomic E-state index is -4.75. The summed E-state index contributed by atoms with van der Waals surface area (Å²) in [7, 11) is 0. The zero-order valence-electron chi connectivity index (χ0n) is 10.2. The molecule has 0 radical (unpaired) electrons. The van der Waals surface area contributed by atoms with Crippen LogP contribution in [0.15, 0.2) is 11.7 Å². The summed E-state index contributed by atoms with van der Waals surface area (Å²) in [6.07, 6.45) is -3.33. The summed E-state index contributed by atoms with van der Waals surface area (Å²) in [6, 6.07) is 0. The van der Waals surface area contributed by atoms with Crippen molar-refractivity contribution in [3.05, 3.63) is 28.0 Å². The van der Waals surface area contributed by atoms with E-state index < -0.39 is 23.5 Å². The predicted molar refractivity (Wildman–Crippen MR) is 62.2 cm³/mol. The van der Waals surface area contributed by atoms with Crippen LogP contribution in [-0.2, 0) is 17.5 Å². The quantitative estimate of drug-likeness (QED) is 0.808. The molecule has 0 aromatic carbocycles. The van der Waals surface area contributed by atoms with Gasteiger partial charge in [0.25, 0.3) is 0 Å². The van der Waals surface area contributed by atoms with Crippen molar-refractivity contribution in [3.63, 3.8) is 0 Å². The van der Waals surface area contributed by atoms with E-state index in [1.54, 1.807) is 0 Å². The Labute approximate surface area is 115 Å². The molecule has 10 heteroatoms. The van der Waals surface area contributed by atoms with E-state index in [9.17, 15) is 18.0 Å². The van der Waals surface area contributed by atoms with Crippen LogP contribution in [0.5, 0.6) is 0 Å². The van der Waals surface area contributed by atoms with E-state index in [1.807, 2.05) is 0 Å². The van der Waals surface area contributed by atoms with Crippen LogP contribution in [-0.4, -0.2) is 32.6 Å². The van der Waals surface area contributed by atoms with Crippen molar-refractivity contribution in [2.75, 3.05) is 6.61 Å². The molecule has 108 valence electrons. The van der Waals surface area contributed by atoms with Gasteiger partial charge in [-0.2, -0.15) is 13.2 Å². The molecule has 0 saturated heterocycles. The number of nitrogens with zero attached hydrogens (tertiary/aromatic N) is 4. The highest BCUT2D eigenvalue weighted by Crippen LogP contribution is 2.32. The van der Waals surface area contributed by atoms with Crippen LogP contribution in [0.25, 0.3) is 0 Å². The molecule has 0 aliphatic heterocycles. The van der Waals surface area contributed by atoms with Crippen molar-refractivity contribution in [1.82, 2.24) is 20.0 Å². The molecule has 0 fully saturated rings. The molecule has 6 nitrogen and oxygen atoms in total. The standard InChI is InChI=1S/C10H9F3N4O2S/c1-2-19-9(18)7-8(10(11,12)13)17(16-15-7)4-6-3-14-5-20-6/h3,5H,2,4H2,1H3. The minimum absolute atomic E-state index is 0.0438. The number of esters is 1. The molecule has 20 heavy (non-hydrogen) atoms. The lowest BCUT2D eigenvalue weighted by atomic mass is 10.3. The Morgan fingerprint density at radius 3 is 2.80 bits per heavy atom. The normalized spacial score (nSPS) is 11.6. The van der Waals surface area contributed by atoms with Crippen molar-refractivity contribution in [2.24, 2.45) is 0 Å². The van der Waals surface area contributed by atoms with Crippen LogP contribution in [0, 0.1) is 0 Å². The lowest BCUT2D eigenvalue weighted by Crippen LogP contribution is -2.19. The summed E-state index contributed by atoms with van der Waals surface area (Å²) < 4.78 is 44.3. The van der Waals surface area contributed by atoms with Crippen LogP contribution in [0.4, 0.5) is 13.2 Å². The second-order valence-electron chi connectivity index (χ2n) is 3.63. The minimum Gasteiger partial charge on any atom is -0.461 e. The van der Waals surface area contributed by atoms with E-state index >= 15 is 0 Å². The van der Waals surface area contributed by atoms with Crippen LogP contribution in [0.3, 0.4) is 0 Å². The second kappa shape index (κ2) is 5.57. The van der Waals surface area contributed by atoms with E-state index in [2.05, 4.69) is 20.0 Å². The Hall–Kier alpha value is -1.97. The molecule has 0 spiro atoms. The largest absolute Gasteiger partial charge is 0.461 e. The zero-order chi connectivity index (χ0) is 14.8. The van der Waals surface area contributed by atoms with Gasteiger partial charge in [-0.05, 0) is 6.92 Å². The predicted octanol–water partition coefficient (Wildman–Crippen LogP) is 1.98. The molecular weight excluding hydrogens is 297 g/mol. The number of halogens is 3. The van der Waals surface area contributed by atoms with Gasteiger partial charge in [-0.15, -0.1) is 16.4 Å². The number of alkyl halides is 3. The average molecular weight is 306 g/mol. The van der Waals surface area contributed by atoms with Crippen molar-refractivity contribution >= 4 is 17.3 Å². The molecular formula is C10H9F3N4O2S. The fourth-order valence-corrected chi connectivity index (χ4v) is 2.08. The molecule has 2 rings (SSSR count). The highest BCUT2D eigenvalue weighted by Gasteiger charge is 2.42. The maximum Gasteiger partial charge on any atom is 0.435 e. The molecule has 0 atom stereocenters. The summed E-state index contributed by atoms with van der Waals surface area (Å²) in [5.74, 6) is -1.14. The summed E-state index contributed by atoms with van der Waals surface area (Å²) in [5.41, 5.74) is -0.556. The van der Waals surface area contributed by atoms with Gasteiger partial charge in [0.05, 0.1) is 18.7 Å². The highest BCUT2D eigenvalue weighted by molar-refractivity contribution is 7.09. The maximum atomic E-state index is 13.1. The number of hydrogen-bond donors (Lipinski definition) is 0. The lowest BCUT2D eigenvalue weighted by molar-refractivity contribution is -0.144. The molecule has 0 amide bonds. The third-order valence-corrected chi connectivity index (χ3v) is 3.03. The number of aromatic nitrogens is 4. The average Bonchev–Trinajstić information content (AvgIpc) is 2.98. The van der Waals surface area contributed by atoms with Crippen molar-refractivity contribution in [3.8, 4) is 0 Å². The van der Waals surface area contributed by atoms with E-state index in [4.69, 9.17) is 0 Å². The van der Waals surface area contributed by atoms with Crippen LogP contribution in [0.2, 0.25) is 0 Å². The van der Waals surface area contributed by atoms with Crippen molar-refractivity contribution in [1.29, 1.82) is 0 Å². The molecule has 0 bridgehead atoms. The fraction of sp³-hybridized carbons (Fsp3) is 0.400. The number of carbonyl (C=O) groups excluding carboxylic acids is 1. The monoisotopic (exact) mass is 306 g/mol. The fourth-order valence-electron chi connectivity index (χ4n) is 1.51. The Balaban J connectivity index is 2.40. The van der Waals surface area contributed by atoms with Gasteiger partial charge in [0.2, 0.25) is 5.69 Å². The van der Waals surface area contributed by atoms with Gasteiger partial charge in [0, 0.05) is 11.1 Å². The SMILES string of the molecule is CCOC(=O)c1nnn(Cc2cncs2)c1C(F)(F)F. The van der Waals surface area contributed by atoms with Gasteiger partial charge in [0.1, 0.15) is 0 Å². The van der Waals surface area contributed by atoms with E-state index in [0.29, 0.717) is 9.56 Å². The Morgan fingerprint density at radius 2 is 2.25 bits per heavy atom. The summed E-state index contributed by atoms with van der Waals surface area (Å²) in [5, 5.41) is 6.67. The summed E-state index contributed by atoms with van der Waals surface area (Å²) >= 11 is 1.18. The van der Waals surface area contributed by atoms with Gasteiger partial charge in [-0.25, -0.2) is 9.48 Å². The molecule has 0 unspecified atom stereocenters. The molecule has 2 aromatic rings. The van der Waals surface area contributed by atoms with Gasteiger partial charge in [-0.1, -0.05) is 5.21 Å². The second-order valence-corrected chi connectivity index (χ2v) is 4.60. The summed E-state index contributed by atoms with van der Waals surface area (Å²) in [4.78, 5) is 15.8. The zero-order valence-corrected chi connectivity index (χ0v) is 11.0. The van der Waals surface area contributed by atoms with E-state index in [0.717, 1.165) is 0 Å². The lowest BCUT2D eigenvalue weighted by Gasteiger charge is -2.09. The number of hydrogen-bond acceptors (Lipinski definition) is 6. The first-order valence-electron chi connectivity index (χ1n) is 5.48. The van der Waals surface area contributed by atoms with Gasteiger partial charge in [-0.3, -0.25) is 4.98 Å². The van der Waals surface area contributed by atoms with Crippen LogP contribution in [0.1, 0.15) is 28.0 Å². The van der Waals surface area contributed by atoms with Crippen molar-refractivity contribution < 1.29 is 22.7 Å². The van der Waals surface area contributed by atoms with Crippen molar-refractivity contribution in [2.45, 2.75) is 19.6 Å². The first-order valence-corrected chi connectivity index (χ1v) is 6.36. The molecule has 0 N–H and O–H groups in total. The van der Waals surface area contributed by atoms with Gasteiger partial charge < -0.3 is 4.74 Å².